The van der Waals surface area contributed by atoms with Gasteiger partial charge in [0.1, 0.15) is 5.75 Å². The van der Waals surface area contributed by atoms with Crippen LogP contribution in [-0.4, -0.2) is 27.8 Å². The number of aromatic nitrogens is 3. The first-order valence-electron chi connectivity index (χ1n) is 6.94. The van der Waals surface area contributed by atoms with Gasteiger partial charge in [-0.25, -0.2) is 4.98 Å². The fourth-order valence-corrected chi connectivity index (χ4v) is 2.76. The van der Waals surface area contributed by atoms with Crippen molar-refractivity contribution in [2.75, 3.05) is 12.4 Å². The molecule has 1 aromatic carbocycles. The maximum Gasteiger partial charge on any atom is 0.258 e. The number of nitrogens with one attached hydrogen (secondary N) is 1. The summed E-state index contributed by atoms with van der Waals surface area (Å²) in [7, 11) is 3.38. The van der Waals surface area contributed by atoms with Gasteiger partial charge in [0.25, 0.3) is 5.91 Å². The van der Waals surface area contributed by atoms with Crippen LogP contribution in [0.4, 0.5) is 5.69 Å². The van der Waals surface area contributed by atoms with Crippen molar-refractivity contribution in [2.45, 2.75) is 6.92 Å². The highest BCUT2D eigenvalue weighted by Crippen LogP contribution is 2.28. The Bertz CT molecular complexity index is 887. The topological polar surface area (TPSA) is 69.0 Å². The minimum Gasteiger partial charge on any atom is -0.497 e. The van der Waals surface area contributed by atoms with Crippen molar-refractivity contribution in [3.05, 3.63) is 46.7 Å². The summed E-state index contributed by atoms with van der Waals surface area (Å²) < 4.78 is 6.73. The third-order valence-electron chi connectivity index (χ3n) is 3.56. The molecule has 6 nitrogen and oxygen atoms in total. The van der Waals surface area contributed by atoms with Gasteiger partial charge in [-0.2, -0.15) is 5.10 Å². The number of nitrogens with zero attached hydrogens (tertiary/aromatic N) is 3. The number of hydrogen-bond donors (Lipinski definition) is 1. The molecule has 1 N–H and O–H groups in total. The van der Waals surface area contributed by atoms with E-state index < -0.39 is 0 Å². The molecule has 0 spiro atoms. The standard InChI is InChI=1S/C16H15ClN4O2/c1-9-13-14(17)12(8-18-15(13)21(2)20-9)16(22)19-10-4-6-11(23-3)7-5-10/h4-8H,1-3H3,(H,19,22). The largest absolute Gasteiger partial charge is 0.497 e. The minimum atomic E-state index is -0.321. The maximum atomic E-state index is 12.5. The Morgan fingerprint density at radius 1 is 1.30 bits per heavy atom. The zero-order valence-corrected chi connectivity index (χ0v) is 13.7. The lowest BCUT2D eigenvalue weighted by Crippen LogP contribution is -2.13. The van der Waals surface area contributed by atoms with Crippen molar-refractivity contribution >= 4 is 34.2 Å². The second-order valence-corrected chi connectivity index (χ2v) is 5.45. The molecule has 0 aliphatic rings. The number of carbonyl (C=O) groups is 1. The number of carbonyl (C=O) groups excluding carboxylic acids is 1. The van der Waals surface area contributed by atoms with E-state index in [2.05, 4.69) is 15.4 Å². The zero-order chi connectivity index (χ0) is 16.6. The van der Waals surface area contributed by atoms with E-state index in [4.69, 9.17) is 16.3 Å². The van der Waals surface area contributed by atoms with E-state index in [9.17, 15) is 4.79 Å². The van der Waals surface area contributed by atoms with Gasteiger partial charge in [0.05, 0.1) is 28.8 Å². The summed E-state index contributed by atoms with van der Waals surface area (Å²) in [5, 5.41) is 8.12. The number of pyridine rings is 1. The predicted octanol–water partition coefficient (Wildman–Crippen LogP) is 3.19. The molecule has 23 heavy (non-hydrogen) atoms. The van der Waals surface area contributed by atoms with E-state index in [1.54, 1.807) is 43.1 Å². The molecule has 0 unspecified atom stereocenters. The Balaban J connectivity index is 1.94. The molecule has 3 rings (SSSR count). The Morgan fingerprint density at radius 2 is 2.00 bits per heavy atom. The number of benzene rings is 1. The van der Waals surface area contributed by atoms with Gasteiger partial charge >= 0.3 is 0 Å². The predicted molar refractivity (Wildman–Crippen MR) is 89.2 cm³/mol. The Labute approximate surface area is 138 Å². The molecule has 3 aromatic rings. The monoisotopic (exact) mass is 330 g/mol. The fourth-order valence-electron chi connectivity index (χ4n) is 2.40. The maximum absolute atomic E-state index is 12.5. The summed E-state index contributed by atoms with van der Waals surface area (Å²) in [5.74, 6) is 0.396. The van der Waals surface area contributed by atoms with Crippen LogP contribution >= 0.6 is 11.6 Å². The zero-order valence-electron chi connectivity index (χ0n) is 12.9. The summed E-state index contributed by atoms with van der Waals surface area (Å²) >= 11 is 6.39. The molecule has 0 saturated carbocycles. The molecule has 2 aromatic heterocycles. The molecule has 7 heteroatoms. The molecular formula is C16H15ClN4O2. The van der Waals surface area contributed by atoms with Crippen LogP contribution in [0, 0.1) is 6.92 Å². The van der Waals surface area contributed by atoms with Crippen LogP contribution in [0.3, 0.4) is 0 Å². The third kappa shape index (κ3) is 2.73. The third-order valence-corrected chi connectivity index (χ3v) is 3.95. The molecule has 0 fully saturated rings. The van der Waals surface area contributed by atoms with Gasteiger partial charge in [0, 0.05) is 18.9 Å². The fraction of sp³-hybridized carbons (Fsp3) is 0.188. The number of hydrogen-bond acceptors (Lipinski definition) is 4. The summed E-state index contributed by atoms with van der Waals surface area (Å²) in [6.07, 6.45) is 1.46. The molecular weight excluding hydrogens is 316 g/mol. The van der Waals surface area contributed by atoms with Crippen molar-refractivity contribution in [3.63, 3.8) is 0 Å². The van der Waals surface area contributed by atoms with E-state index in [1.165, 1.54) is 6.20 Å². The Morgan fingerprint density at radius 3 is 2.65 bits per heavy atom. The minimum absolute atomic E-state index is 0.311. The van der Waals surface area contributed by atoms with Crippen molar-refractivity contribution < 1.29 is 9.53 Å². The van der Waals surface area contributed by atoms with E-state index in [0.717, 1.165) is 11.4 Å². The van der Waals surface area contributed by atoms with Crippen LogP contribution in [0.5, 0.6) is 5.75 Å². The van der Waals surface area contributed by atoms with Gasteiger partial charge in [0.15, 0.2) is 5.65 Å². The van der Waals surface area contributed by atoms with Gasteiger partial charge in [-0.15, -0.1) is 0 Å². The first-order chi connectivity index (χ1) is 11.0. The first kappa shape index (κ1) is 15.3. The number of ether oxygens (including phenoxy) is 1. The average Bonchev–Trinajstić information content (AvgIpc) is 2.83. The second-order valence-electron chi connectivity index (χ2n) is 5.08. The lowest BCUT2D eigenvalue weighted by atomic mass is 10.2. The number of amides is 1. The lowest BCUT2D eigenvalue weighted by molar-refractivity contribution is 0.102. The van der Waals surface area contributed by atoms with Crippen molar-refractivity contribution in [1.82, 2.24) is 14.8 Å². The number of methoxy groups -OCH3 is 1. The number of fused-ring (bicyclic) bond motifs is 1. The molecule has 1 amide bonds. The van der Waals surface area contributed by atoms with Crippen molar-refractivity contribution in [2.24, 2.45) is 7.05 Å². The summed E-state index contributed by atoms with van der Waals surface area (Å²) in [6.45, 7) is 1.83. The number of halogens is 1. The lowest BCUT2D eigenvalue weighted by Gasteiger charge is -2.08. The van der Waals surface area contributed by atoms with Gasteiger partial charge < -0.3 is 10.1 Å². The van der Waals surface area contributed by atoms with Crippen LogP contribution in [0.15, 0.2) is 30.5 Å². The van der Waals surface area contributed by atoms with Gasteiger partial charge in [0.2, 0.25) is 0 Å². The second kappa shape index (κ2) is 5.89. The smallest absolute Gasteiger partial charge is 0.258 e. The number of rotatable bonds is 3. The highest BCUT2D eigenvalue weighted by molar-refractivity contribution is 6.39. The number of aryl methyl sites for hydroxylation is 2. The van der Waals surface area contributed by atoms with Crippen LogP contribution in [-0.2, 0) is 7.05 Å². The van der Waals surface area contributed by atoms with Crippen LogP contribution in [0.2, 0.25) is 5.02 Å². The SMILES string of the molecule is COc1ccc(NC(=O)c2cnc3c(c(C)nn3C)c2Cl)cc1. The Hall–Kier alpha value is -2.60. The van der Waals surface area contributed by atoms with Crippen molar-refractivity contribution in [3.8, 4) is 5.75 Å². The van der Waals surface area contributed by atoms with E-state index in [1.807, 2.05) is 6.92 Å². The normalized spacial score (nSPS) is 10.8. The van der Waals surface area contributed by atoms with Gasteiger partial charge in [-0.1, -0.05) is 11.6 Å². The molecule has 0 atom stereocenters. The molecule has 0 radical (unpaired) electrons. The van der Waals surface area contributed by atoms with Gasteiger partial charge in [-0.05, 0) is 31.2 Å². The van der Waals surface area contributed by atoms with Crippen molar-refractivity contribution in [1.29, 1.82) is 0 Å². The average molecular weight is 331 g/mol. The quantitative estimate of drug-likeness (QED) is 0.800. The first-order valence-corrected chi connectivity index (χ1v) is 7.32. The van der Waals surface area contributed by atoms with E-state index in [-0.39, 0.29) is 5.91 Å². The molecule has 0 aliphatic heterocycles. The highest BCUT2D eigenvalue weighted by Gasteiger charge is 2.18. The van der Waals surface area contributed by atoms with Crippen LogP contribution in [0.1, 0.15) is 16.1 Å². The van der Waals surface area contributed by atoms with E-state index >= 15 is 0 Å². The summed E-state index contributed by atoms with van der Waals surface area (Å²) in [4.78, 5) is 16.7. The molecule has 118 valence electrons. The van der Waals surface area contributed by atoms with Crippen LogP contribution in [0.25, 0.3) is 11.0 Å². The summed E-state index contributed by atoms with van der Waals surface area (Å²) in [5.41, 5.74) is 2.34. The molecule has 0 aliphatic carbocycles. The summed E-state index contributed by atoms with van der Waals surface area (Å²) in [6, 6.07) is 7.05. The Kier molecular flexibility index (Phi) is 3.92. The van der Waals surface area contributed by atoms with Gasteiger partial charge in [-0.3, -0.25) is 9.48 Å². The highest BCUT2D eigenvalue weighted by atomic mass is 35.5. The number of anilines is 1. The molecule has 0 saturated heterocycles. The molecule has 2 heterocycles. The molecule has 0 bridgehead atoms. The van der Waals surface area contributed by atoms with Crippen LogP contribution < -0.4 is 10.1 Å². The van der Waals surface area contributed by atoms with E-state index in [0.29, 0.717) is 27.3 Å².